The molecular weight excluding hydrogens is 376 g/mol. The molecule has 4 nitrogen and oxygen atoms in total. The summed E-state index contributed by atoms with van der Waals surface area (Å²) >= 11 is 4.89. The maximum Gasteiger partial charge on any atom is 0.264 e. The number of rotatable bonds is 4. The van der Waals surface area contributed by atoms with Gasteiger partial charge >= 0.3 is 0 Å². The predicted octanol–water partition coefficient (Wildman–Crippen LogP) is 4.69. The van der Waals surface area contributed by atoms with Gasteiger partial charge in [0.25, 0.3) is 5.91 Å². The van der Waals surface area contributed by atoms with Crippen molar-refractivity contribution in [3.05, 3.63) is 52.0 Å². The minimum absolute atomic E-state index is 0.0589. The summed E-state index contributed by atoms with van der Waals surface area (Å²) in [6.07, 6.45) is 0. The highest BCUT2D eigenvalue weighted by molar-refractivity contribution is 9.10. The summed E-state index contributed by atoms with van der Waals surface area (Å²) in [5.74, 6) is 0.416. The molecule has 1 N–H and O–H groups in total. The van der Waals surface area contributed by atoms with Gasteiger partial charge in [-0.05, 0) is 65.2 Å². The van der Waals surface area contributed by atoms with Gasteiger partial charge in [-0.15, -0.1) is 0 Å². The molecule has 0 bridgehead atoms. The zero-order chi connectivity index (χ0) is 16.4. The molecule has 1 heterocycles. The summed E-state index contributed by atoms with van der Waals surface area (Å²) in [5.41, 5.74) is 3.18. The molecule has 118 valence electrons. The van der Waals surface area contributed by atoms with Crippen LogP contribution in [0.3, 0.4) is 0 Å². The topological polar surface area (TPSA) is 51.2 Å². The summed E-state index contributed by atoms with van der Waals surface area (Å²) < 4.78 is 7.43. The number of hydrogen-bond donors (Lipinski definition) is 1. The number of thiazole rings is 1. The van der Waals surface area contributed by atoms with Gasteiger partial charge in [0, 0.05) is 0 Å². The molecule has 3 aromatic rings. The second-order valence-electron chi connectivity index (χ2n) is 5.26. The summed E-state index contributed by atoms with van der Waals surface area (Å²) in [7, 11) is 0. The molecule has 2 aromatic carbocycles. The fourth-order valence-corrected chi connectivity index (χ4v) is 3.69. The van der Waals surface area contributed by atoms with Crippen LogP contribution in [0.2, 0.25) is 0 Å². The number of halogens is 1. The van der Waals surface area contributed by atoms with Crippen molar-refractivity contribution in [2.24, 2.45) is 0 Å². The molecule has 0 saturated carbocycles. The molecule has 0 radical (unpaired) electrons. The van der Waals surface area contributed by atoms with Gasteiger partial charge in [0.05, 0.1) is 14.7 Å². The van der Waals surface area contributed by atoms with Gasteiger partial charge < -0.3 is 4.74 Å². The average molecular weight is 391 g/mol. The van der Waals surface area contributed by atoms with E-state index in [2.05, 4.69) is 32.3 Å². The van der Waals surface area contributed by atoms with Crippen LogP contribution in [-0.4, -0.2) is 17.5 Å². The first-order valence-electron chi connectivity index (χ1n) is 7.07. The number of hydrogen-bond acceptors (Lipinski definition) is 4. The zero-order valence-corrected chi connectivity index (χ0v) is 15.1. The van der Waals surface area contributed by atoms with Crippen molar-refractivity contribution in [1.82, 2.24) is 4.98 Å². The Morgan fingerprint density at radius 2 is 1.96 bits per heavy atom. The molecule has 23 heavy (non-hydrogen) atoms. The molecule has 1 aromatic heterocycles. The Morgan fingerprint density at radius 1 is 1.22 bits per heavy atom. The predicted molar refractivity (Wildman–Crippen MR) is 97.4 cm³/mol. The molecule has 0 aliphatic carbocycles. The molecule has 3 rings (SSSR count). The first-order chi connectivity index (χ1) is 11.0. The van der Waals surface area contributed by atoms with Crippen LogP contribution in [0.15, 0.2) is 40.9 Å². The van der Waals surface area contributed by atoms with Crippen molar-refractivity contribution in [2.45, 2.75) is 13.8 Å². The molecule has 0 aliphatic rings. The van der Waals surface area contributed by atoms with Gasteiger partial charge in [-0.2, -0.15) is 0 Å². The lowest BCUT2D eigenvalue weighted by Gasteiger charge is -2.08. The van der Waals surface area contributed by atoms with Gasteiger partial charge in [-0.25, -0.2) is 4.98 Å². The van der Waals surface area contributed by atoms with Gasteiger partial charge in [0.2, 0.25) is 0 Å². The molecule has 6 heteroatoms. The van der Waals surface area contributed by atoms with E-state index in [-0.39, 0.29) is 12.5 Å². The molecule has 0 unspecified atom stereocenters. The number of aryl methyl sites for hydroxylation is 2. The second-order valence-corrected chi connectivity index (χ2v) is 7.15. The van der Waals surface area contributed by atoms with Crippen molar-refractivity contribution >= 4 is 48.5 Å². The van der Waals surface area contributed by atoms with Crippen LogP contribution in [-0.2, 0) is 4.79 Å². The van der Waals surface area contributed by atoms with Crippen molar-refractivity contribution in [2.75, 3.05) is 11.9 Å². The minimum Gasteiger partial charge on any atom is -0.483 e. The third-order valence-corrected chi connectivity index (χ3v) is 4.79. The standard InChI is InChI=1S/C17H15BrN2O2S/c1-10-4-6-14(12(18)7-10)22-9-16(21)20-17-19-13-5-3-11(2)8-15(13)23-17/h3-8H,9H2,1-2H3,(H,19,20,21). The third kappa shape index (κ3) is 3.89. The van der Waals surface area contributed by atoms with E-state index in [4.69, 9.17) is 4.74 Å². The van der Waals surface area contributed by atoms with E-state index in [0.29, 0.717) is 10.9 Å². The molecule has 0 saturated heterocycles. The number of anilines is 1. The Bertz CT molecular complexity index is 876. The lowest BCUT2D eigenvalue weighted by Crippen LogP contribution is -2.20. The van der Waals surface area contributed by atoms with Crippen molar-refractivity contribution in [3.63, 3.8) is 0 Å². The monoisotopic (exact) mass is 390 g/mol. The van der Waals surface area contributed by atoms with E-state index in [1.807, 2.05) is 44.2 Å². The van der Waals surface area contributed by atoms with Crippen LogP contribution in [0.25, 0.3) is 10.2 Å². The van der Waals surface area contributed by atoms with E-state index in [0.717, 1.165) is 20.3 Å². The third-order valence-electron chi connectivity index (χ3n) is 3.24. The van der Waals surface area contributed by atoms with Crippen LogP contribution in [0.1, 0.15) is 11.1 Å². The second kappa shape index (κ2) is 6.68. The largest absolute Gasteiger partial charge is 0.483 e. The summed E-state index contributed by atoms with van der Waals surface area (Å²) in [5, 5.41) is 3.37. The lowest BCUT2D eigenvalue weighted by atomic mass is 10.2. The van der Waals surface area contributed by atoms with Gasteiger partial charge in [-0.1, -0.05) is 23.5 Å². The fraction of sp³-hybridized carbons (Fsp3) is 0.176. The number of benzene rings is 2. The zero-order valence-electron chi connectivity index (χ0n) is 12.7. The Balaban J connectivity index is 1.64. The first kappa shape index (κ1) is 16.0. The van der Waals surface area contributed by atoms with E-state index >= 15 is 0 Å². The minimum atomic E-state index is -0.228. The van der Waals surface area contributed by atoms with E-state index in [1.165, 1.54) is 16.9 Å². The number of carbonyl (C=O) groups is 1. The SMILES string of the molecule is Cc1ccc(OCC(=O)Nc2nc3ccc(C)cc3s2)c(Br)c1. The lowest BCUT2D eigenvalue weighted by molar-refractivity contribution is -0.118. The van der Waals surface area contributed by atoms with Gasteiger partial charge in [0.15, 0.2) is 11.7 Å². The van der Waals surface area contributed by atoms with Gasteiger partial charge in [0.1, 0.15) is 5.75 Å². The van der Waals surface area contributed by atoms with E-state index in [9.17, 15) is 4.79 Å². The van der Waals surface area contributed by atoms with E-state index in [1.54, 1.807) is 0 Å². The number of nitrogens with one attached hydrogen (secondary N) is 1. The smallest absolute Gasteiger partial charge is 0.264 e. The maximum atomic E-state index is 12.0. The van der Waals surface area contributed by atoms with Crippen LogP contribution in [0.4, 0.5) is 5.13 Å². The number of ether oxygens (including phenoxy) is 1. The Hall–Kier alpha value is -1.92. The Morgan fingerprint density at radius 3 is 2.74 bits per heavy atom. The average Bonchev–Trinajstić information content (AvgIpc) is 2.87. The molecule has 0 atom stereocenters. The van der Waals surface area contributed by atoms with Crippen molar-refractivity contribution < 1.29 is 9.53 Å². The Kier molecular flexibility index (Phi) is 4.63. The number of nitrogens with zero attached hydrogens (tertiary/aromatic N) is 1. The molecule has 0 aliphatic heterocycles. The molecular formula is C17H15BrN2O2S. The fourth-order valence-electron chi connectivity index (χ4n) is 2.11. The normalized spacial score (nSPS) is 10.7. The number of carbonyl (C=O) groups excluding carboxylic acids is 1. The van der Waals surface area contributed by atoms with Crippen molar-refractivity contribution in [1.29, 1.82) is 0 Å². The number of amides is 1. The Labute approximate surface area is 146 Å². The highest BCUT2D eigenvalue weighted by atomic mass is 79.9. The highest BCUT2D eigenvalue weighted by Gasteiger charge is 2.10. The quantitative estimate of drug-likeness (QED) is 0.702. The molecule has 1 amide bonds. The van der Waals surface area contributed by atoms with Crippen LogP contribution >= 0.6 is 27.3 Å². The van der Waals surface area contributed by atoms with Crippen LogP contribution in [0.5, 0.6) is 5.75 Å². The van der Waals surface area contributed by atoms with Crippen molar-refractivity contribution in [3.8, 4) is 5.75 Å². The van der Waals surface area contributed by atoms with Crippen LogP contribution < -0.4 is 10.1 Å². The van der Waals surface area contributed by atoms with Crippen LogP contribution in [0, 0.1) is 13.8 Å². The number of fused-ring (bicyclic) bond motifs is 1. The maximum absolute atomic E-state index is 12.0. The highest BCUT2D eigenvalue weighted by Crippen LogP contribution is 2.27. The van der Waals surface area contributed by atoms with Gasteiger partial charge in [-0.3, -0.25) is 10.1 Å². The summed E-state index contributed by atoms with van der Waals surface area (Å²) in [6.45, 7) is 3.97. The summed E-state index contributed by atoms with van der Waals surface area (Å²) in [6, 6.07) is 11.7. The molecule has 0 fully saturated rings. The molecule has 0 spiro atoms. The number of aromatic nitrogens is 1. The first-order valence-corrected chi connectivity index (χ1v) is 8.68. The summed E-state index contributed by atoms with van der Waals surface area (Å²) in [4.78, 5) is 16.4. The van der Waals surface area contributed by atoms with E-state index < -0.39 is 0 Å².